The second-order valence-corrected chi connectivity index (χ2v) is 3.20. The number of carbonyl (C=O) groups excluding carboxylic acids is 1. The molecule has 0 fully saturated rings. The first kappa shape index (κ1) is 10.7. The highest BCUT2D eigenvalue weighted by molar-refractivity contribution is 5.90. The molecule has 3 N–H and O–H groups in total. The van der Waals surface area contributed by atoms with Gasteiger partial charge >= 0.3 is 0 Å². The molecule has 0 aliphatic heterocycles. The van der Waals surface area contributed by atoms with Gasteiger partial charge in [0.15, 0.2) is 0 Å². The van der Waals surface area contributed by atoms with E-state index in [-0.39, 0.29) is 5.91 Å². The summed E-state index contributed by atoms with van der Waals surface area (Å²) < 4.78 is 1.65. The van der Waals surface area contributed by atoms with E-state index in [9.17, 15) is 4.79 Å². The van der Waals surface area contributed by atoms with Crippen LogP contribution in [0.2, 0.25) is 0 Å². The fraction of sp³-hybridized carbons (Fsp3) is 0.556. The maximum atomic E-state index is 11.3. The molecule has 0 unspecified atom stereocenters. The van der Waals surface area contributed by atoms with Gasteiger partial charge in [0.05, 0.1) is 11.9 Å². The third-order valence-corrected chi connectivity index (χ3v) is 1.85. The molecule has 78 valence electrons. The summed E-state index contributed by atoms with van der Waals surface area (Å²) in [7, 11) is 1.81. The number of aryl methyl sites for hydroxylation is 1. The van der Waals surface area contributed by atoms with Crippen LogP contribution in [0.15, 0.2) is 12.4 Å². The molecule has 5 nitrogen and oxygen atoms in total. The van der Waals surface area contributed by atoms with E-state index < -0.39 is 0 Å². The molecular formula is C9H16N4O. The largest absolute Gasteiger partial charge is 0.330 e. The van der Waals surface area contributed by atoms with Crippen LogP contribution < -0.4 is 11.1 Å². The molecule has 0 aliphatic carbocycles. The molecule has 0 saturated carbocycles. The van der Waals surface area contributed by atoms with Crippen LogP contribution in [-0.2, 0) is 11.8 Å². The van der Waals surface area contributed by atoms with Crippen LogP contribution >= 0.6 is 0 Å². The number of rotatable bonds is 5. The molecule has 0 saturated heterocycles. The first-order valence-corrected chi connectivity index (χ1v) is 4.71. The lowest BCUT2D eigenvalue weighted by Gasteiger charge is -2.00. The number of nitrogens with two attached hydrogens (primary N) is 1. The van der Waals surface area contributed by atoms with Crippen molar-refractivity contribution in [2.45, 2.75) is 19.3 Å². The van der Waals surface area contributed by atoms with Crippen molar-refractivity contribution in [3.63, 3.8) is 0 Å². The molecule has 0 aromatic carbocycles. The van der Waals surface area contributed by atoms with Crippen molar-refractivity contribution in [1.82, 2.24) is 9.78 Å². The summed E-state index contributed by atoms with van der Waals surface area (Å²) in [5, 5.41) is 6.71. The predicted molar refractivity (Wildman–Crippen MR) is 54.7 cm³/mol. The smallest absolute Gasteiger partial charge is 0.224 e. The van der Waals surface area contributed by atoms with Crippen molar-refractivity contribution < 1.29 is 4.79 Å². The SMILES string of the molecule is Cn1cc(NC(=O)CCCCN)cn1. The Labute approximate surface area is 83.3 Å². The number of hydrogen-bond acceptors (Lipinski definition) is 3. The predicted octanol–water partition coefficient (Wildman–Crippen LogP) is 0.488. The number of hydrogen-bond donors (Lipinski definition) is 2. The van der Waals surface area contributed by atoms with Crippen molar-refractivity contribution >= 4 is 11.6 Å². The zero-order valence-corrected chi connectivity index (χ0v) is 8.36. The molecule has 1 aromatic rings. The summed E-state index contributed by atoms with van der Waals surface area (Å²) in [6.45, 7) is 0.639. The third-order valence-electron chi connectivity index (χ3n) is 1.85. The number of unbranched alkanes of at least 4 members (excludes halogenated alkanes) is 1. The van der Waals surface area contributed by atoms with Crippen LogP contribution in [0.5, 0.6) is 0 Å². The highest BCUT2D eigenvalue weighted by Crippen LogP contribution is 2.05. The topological polar surface area (TPSA) is 72.9 Å². The fourth-order valence-electron chi connectivity index (χ4n) is 1.14. The van der Waals surface area contributed by atoms with E-state index >= 15 is 0 Å². The lowest BCUT2D eigenvalue weighted by Crippen LogP contribution is -2.11. The van der Waals surface area contributed by atoms with E-state index in [1.165, 1.54) is 0 Å². The first-order valence-electron chi connectivity index (χ1n) is 4.71. The van der Waals surface area contributed by atoms with Gasteiger partial charge in [-0.25, -0.2) is 0 Å². The maximum absolute atomic E-state index is 11.3. The number of aromatic nitrogens is 2. The van der Waals surface area contributed by atoms with Crippen molar-refractivity contribution in [3.8, 4) is 0 Å². The molecule has 0 spiro atoms. The summed E-state index contributed by atoms with van der Waals surface area (Å²) in [6, 6.07) is 0. The highest BCUT2D eigenvalue weighted by Gasteiger charge is 2.02. The average molecular weight is 196 g/mol. The number of nitrogens with one attached hydrogen (secondary N) is 1. The van der Waals surface area contributed by atoms with Crippen molar-refractivity contribution in [2.24, 2.45) is 12.8 Å². The molecular weight excluding hydrogens is 180 g/mol. The molecule has 14 heavy (non-hydrogen) atoms. The lowest BCUT2D eigenvalue weighted by atomic mass is 10.2. The lowest BCUT2D eigenvalue weighted by molar-refractivity contribution is -0.116. The van der Waals surface area contributed by atoms with Gasteiger partial charge in [-0.3, -0.25) is 9.48 Å². The van der Waals surface area contributed by atoms with Crippen LogP contribution in [0.1, 0.15) is 19.3 Å². The van der Waals surface area contributed by atoms with E-state index in [1.807, 2.05) is 7.05 Å². The third kappa shape index (κ3) is 3.57. The van der Waals surface area contributed by atoms with Gasteiger partial charge in [0.1, 0.15) is 0 Å². The van der Waals surface area contributed by atoms with Crippen LogP contribution in [0, 0.1) is 0 Å². The van der Waals surface area contributed by atoms with E-state index in [2.05, 4.69) is 10.4 Å². The van der Waals surface area contributed by atoms with Crippen LogP contribution in [-0.4, -0.2) is 22.2 Å². The monoisotopic (exact) mass is 196 g/mol. The van der Waals surface area contributed by atoms with Gasteiger partial charge in [-0.2, -0.15) is 5.10 Å². The van der Waals surface area contributed by atoms with Crippen molar-refractivity contribution in [1.29, 1.82) is 0 Å². The van der Waals surface area contributed by atoms with Crippen molar-refractivity contribution in [2.75, 3.05) is 11.9 Å². The molecule has 5 heteroatoms. The Bertz CT molecular complexity index is 295. The summed E-state index contributed by atoms with van der Waals surface area (Å²) in [5.74, 6) is 0.0199. The average Bonchev–Trinajstić information content (AvgIpc) is 2.52. The molecule has 0 aliphatic rings. The van der Waals surface area contributed by atoms with Crippen LogP contribution in [0.25, 0.3) is 0 Å². The minimum absolute atomic E-state index is 0.0199. The first-order chi connectivity index (χ1) is 6.72. The molecule has 1 rings (SSSR count). The quantitative estimate of drug-likeness (QED) is 0.673. The normalized spacial score (nSPS) is 10.1. The van der Waals surface area contributed by atoms with Gasteiger partial charge in [0, 0.05) is 19.7 Å². The van der Waals surface area contributed by atoms with E-state index in [4.69, 9.17) is 5.73 Å². The molecule has 0 radical (unpaired) electrons. The zero-order chi connectivity index (χ0) is 10.4. The summed E-state index contributed by atoms with van der Waals surface area (Å²) in [5.41, 5.74) is 6.07. The van der Waals surface area contributed by atoms with E-state index in [1.54, 1.807) is 17.1 Å². The Morgan fingerprint density at radius 3 is 3.00 bits per heavy atom. The molecule has 1 amide bonds. The Kier molecular flexibility index (Phi) is 4.12. The number of carbonyl (C=O) groups is 1. The standard InChI is InChI=1S/C9H16N4O/c1-13-7-8(6-11-13)12-9(14)4-2-3-5-10/h6-7H,2-5,10H2,1H3,(H,12,14). The summed E-state index contributed by atoms with van der Waals surface area (Å²) in [4.78, 5) is 11.3. The Balaban J connectivity index is 2.27. The van der Waals surface area contributed by atoms with Crippen LogP contribution in [0.4, 0.5) is 5.69 Å². The zero-order valence-electron chi connectivity index (χ0n) is 8.36. The Morgan fingerprint density at radius 1 is 1.64 bits per heavy atom. The van der Waals surface area contributed by atoms with Crippen LogP contribution in [0.3, 0.4) is 0 Å². The number of amides is 1. The molecule has 1 heterocycles. The van der Waals surface area contributed by atoms with Crippen molar-refractivity contribution in [3.05, 3.63) is 12.4 Å². The van der Waals surface area contributed by atoms with Gasteiger partial charge in [0.2, 0.25) is 5.91 Å². The summed E-state index contributed by atoms with van der Waals surface area (Å²) >= 11 is 0. The Hall–Kier alpha value is -1.36. The van der Waals surface area contributed by atoms with Gasteiger partial charge < -0.3 is 11.1 Å². The minimum Gasteiger partial charge on any atom is -0.330 e. The number of nitrogens with zero attached hydrogens (tertiary/aromatic N) is 2. The Morgan fingerprint density at radius 2 is 2.43 bits per heavy atom. The fourth-order valence-corrected chi connectivity index (χ4v) is 1.14. The second-order valence-electron chi connectivity index (χ2n) is 3.20. The number of anilines is 1. The second kappa shape index (κ2) is 5.39. The van der Waals surface area contributed by atoms with E-state index in [0.29, 0.717) is 13.0 Å². The molecule has 0 bridgehead atoms. The van der Waals surface area contributed by atoms with Gasteiger partial charge in [0.25, 0.3) is 0 Å². The highest BCUT2D eigenvalue weighted by atomic mass is 16.1. The molecule has 0 atom stereocenters. The minimum atomic E-state index is 0.0199. The maximum Gasteiger partial charge on any atom is 0.224 e. The van der Waals surface area contributed by atoms with E-state index in [0.717, 1.165) is 18.5 Å². The summed E-state index contributed by atoms with van der Waals surface area (Å²) in [6.07, 6.45) is 5.64. The van der Waals surface area contributed by atoms with Gasteiger partial charge in [-0.1, -0.05) is 0 Å². The van der Waals surface area contributed by atoms with Gasteiger partial charge in [-0.15, -0.1) is 0 Å². The molecule has 1 aromatic heterocycles. The van der Waals surface area contributed by atoms with Gasteiger partial charge in [-0.05, 0) is 19.4 Å².